The van der Waals surface area contributed by atoms with Gasteiger partial charge in [0.25, 0.3) is 5.91 Å². The third-order valence-corrected chi connectivity index (χ3v) is 8.89. The number of benzene rings is 2. The van der Waals surface area contributed by atoms with E-state index in [9.17, 15) is 44.4 Å². The topological polar surface area (TPSA) is 317 Å². The number of aliphatic hydroxyl groups is 4. The number of H-pyrrole nitrogens is 2. The van der Waals surface area contributed by atoms with Crippen LogP contribution in [0, 0.1) is 0 Å². The van der Waals surface area contributed by atoms with Crippen molar-refractivity contribution in [2.75, 3.05) is 6.61 Å². The summed E-state index contributed by atoms with van der Waals surface area (Å²) in [4.78, 5) is 74.8. The minimum atomic E-state index is -1.65. The lowest BCUT2D eigenvalue weighted by molar-refractivity contribution is -0.277. The van der Waals surface area contributed by atoms with Gasteiger partial charge in [0.15, 0.2) is 0 Å². The van der Waals surface area contributed by atoms with Crippen molar-refractivity contribution < 1.29 is 53.9 Å². The van der Waals surface area contributed by atoms with Crippen molar-refractivity contribution in [2.24, 2.45) is 11.5 Å². The number of amides is 5. The molecule has 0 radical (unpaired) electrons. The van der Waals surface area contributed by atoms with E-state index < -0.39 is 85.0 Å². The number of fused-ring (bicyclic) bond motifs is 1. The Morgan fingerprint density at radius 3 is 2.22 bits per heavy atom. The molecule has 1 saturated heterocycles. The number of aromatic nitrogens is 3. The molecule has 19 heteroatoms. The zero-order valence-corrected chi connectivity index (χ0v) is 28.8. The van der Waals surface area contributed by atoms with Crippen LogP contribution in [0.1, 0.15) is 34.5 Å². The van der Waals surface area contributed by atoms with E-state index in [2.05, 4.69) is 30.9 Å². The van der Waals surface area contributed by atoms with E-state index >= 15 is 0 Å². The number of carbonyl (C=O) groups excluding carboxylic acids is 5. The largest absolute Gasteiger partial charge is 0.462 e. The number of imidazole rings is 1. The molecule has 54 heavy (non-hydrogen) atoms. The molecule has 1 fully saturated rings. The lowest BCUT2D eigenvalue weighted by Crippen LogP contribution is -2.60. The second-order valence-electron chi connectivity index (χ2n) is 12.7. The molecule has 2 aromatic heterocycles. The first-order chi connectivity index (χ1) is 25.8. The molecule has 0 spiro atoms. The van der Waals surface area contributed by atoms with E-state index in [0.717, 1.165) is 10.9 Å². The molecule has 1 aliphatic heterocycles. The Balaban J connectivity index is 1.28. The maximum absolute atomic E-state index is 13.8. The summed E-state index contributed by atoms with van der Waals surface area (Å²) in [6, 6.07) is 8.93. The Hall–Kier alpha value is -5.86. The highest BCUT2D eigenvalue weighted by Crippen LogP contribution is 2.25. The van der Waals surface area contributed by atoms with Crippen LogP contribution >= 0.6 is 0 Å². The van der Waals surface area contributed by atoms with Crippen LogP contribution in [0.2, 0.25) is 0 Å². The van der Waals surface area contributed by atoms with Crippen LogP contribution in [0.4, 0.5) is 0 Å². The van der Waals surface area contributed by atoms with E-state index in [1.54, 1.807) is 6.20 Å². The summed E-state index contributed by atoms with van der Waals surface area (Å²) in [5.41, 5.74) is 13.1. The van der Waals surface area contributed by atoms with Crippen LogP contribution in [0.25, 0.3) is 10.9 Å². The van der Waals surface area contributed by atoms with Crippen LogP contribution in [-0.2, 0) is 36.8 Å². The van der Waals surface area contributed by atoms with Crippen molar-refractivity contribution in [3.8, 4) is 5.75 Å². The number of para-hydroxylation sites is 1. The first-order valence-electron chi connectivity index (χ1n) is 16.9. The average molecular weight is 751 g/mol. The minimum Gasteiger partial charge on any atom is -0.462 e. The summed E-state index contributed by atoms with van der Waals surface area (Å²) >= 11 is 0. The van der Waals surface area contributed by atoms with Gasteiger partial charge in [-0.2, -0.15) is 0 Å². The van der Waals surface area contributed by atoms with Gasteiger partial charge in [-0.1, -0.05) is 18.2 Å². The Kier molecular flexibility index (Phi) is 13.0. The summed E-state index contributed by atoms with van der Waals surface area (Å²) in [5.74, 6) is -3.80. The Morgan fingerprint density at radius 1 is 0.852 bits per heavy atom. The SMILES string of the molecule is NC(=O)CC[C@H](NC(=O)[C@H](Cc1cnc[nH]1)NC(=O)c1ccc(O[C@@H]2O[C@H](CO)[C@H](O)[C@H](O)[C@H]2O)cc1)C(=O)N[C@@H](Cc1c[nH]c2ccccc12)C(N)=O. The lowest BCUT2D eigenvalue weighted by Gasteiger charge is -2.39. The monoisotopic (exact) mass is 750 g/mol. The fourth-order valence-corrected chi connectivity index (χ4v) is 5.89. The first kappa shape index (κ1) is 39.3. The molecule has 5 rings (SSSR count). The summed E-state index contributed by atoms with van der Waals surface area (Å²) < 4.78 is 10.9. The van der Waals surface area contributed by atoms with Gasteiger partial charge in [-0.25, -0.2) is 4.98 Å². The molecule has 8 atom stereocenters. The summed E-state index contributed by atoms with van der Waals surface area (Å²) in [5, 5.41) is 48.3. The van der Waals surface area contributed by atoms with Crippen LogP contribution in [0.3, 0.4) is 0 Å². The van der Waals surface area contributed by atoms with Gasteiger partial charge in [-0.15, -0.1) is 0 Å². The first-order valence-corrected chi connectivity index (χ1v) is 16.9. The Labute approximate surface area is 307 Å². The molecule has 0 saturated carbocycles. The van der Waals surface area contributed by atoms with Crippen molar-refractivity contribution >= 4 is 40.4 Å². The average Bonchev–Trinajstić information content (AvgIpc) is 3.83. The van der Waals surface area contributed by atoms with Gasteiger partial charge < -0.3 is 67.3 Å². The number of nitrogens with two attached hydrogens (primary N) is 2. The molecule has 2 aromatic carbocycles. The second kappa shape index (κ2) is 17.8. The lowest BCUT2D eigenvalue weighted by atomic mass is 9.99. The van der Waals surface area contributed by atoms with Gasteiger partial charge in [0.2, 0.25) is 29.9 Å². The Bertz CT molecular complexity index is 1920. The highest BCUT2D eigenvalue weighted by atomic mass is 16.7. The highest BCUT2D eigenvalue weighted by Gasteiger charge is 2.44. The smallest absolute Gasteiger partial charge is 0.251 e. The zero-order chi connectivity index (χ0) is 38.9. The van der Waals surface area contributed by atoms with Crippen LogP contribution in [0.5, 0.6) is 5.75 Å². The molecule has 19 nitrogen and oxygen atoms in total. The highest BCUT2D eigenvalue weighted by molar-refractivity contribution is 5.99. The van der Waals surface area contributed by atoms with Gasteiger partial charge in [-0.3, -0.25) is 24.0 Å². The standard InChI is InChI=1S/C35H42N8O11/c36-27(45)10-9-23(33(51)42-24(31(37)49)11-18-13-39-22-4-2-1-3-21(18)22)41-34(52)25(12-19-14-38-16-40-19)43-32(50)17-5-7-20(8-6-17)53-35-30(48)29(47)28(46)26(15-44)54-35/h1-8,13-14,16,23-26,28-30,35,39,44,46-48H,9-12,15H2,(H2,36,45)(H2,37,49)(H,38,40)(H,41,52)(H,42,51)(H,43,50)/t23-,24-,25-,26+,28-,29-,30+,35+/m0/s1. The van der Waals surface area contributed by atoms with Crippen LogP contribution < -0.4 is 32.2 Å². The predicted octanol–water partition coefficient (Wildman–Crippen LogP) is -2.63. The van der Waals surface area contributed by atoms with Crippen molar-refractivity contribution in [1.82, 2.24) is 30.9 Å². The van der Waals surface area contributed by atoms with Gasteiger partial charge in [-0.05, 0) is 42.3 Å². The fourth-order valence-electron chi connectivity index (χ4n) is 5.89. The molecule has 13 N–H and O–H groups in total. The van der Waals surface area contributed by atoms with E-state index in [1.165, 1.54) is 36.8 Å². The van der Waals surface area contributed by atoms with Gasteiger partial charge in [0, 0.05) is 53.8 Å². The summed E-state index contributed by atoms with van der Waals surface area (Å²) in [6.45, 7) is -0.645. The molecule has 0 aliphatic carbocycles. The number of hydrogen-bond donors (Lipinski definition) is 11. The van der Waals surface area contributed by atoms with Crippen molar-refractivity contribution in [2.45, 2.75) is 74.5 Å². The third kappa shape index (κ3) is 9.76. The third-order valence-electron chi connectivity index (χ3n) is 8.89. The van der Waals surface area contributed by atoms with Crippen molar-refractivity contribution in [3.05, 3.63) is 84.1 Å². The molecule has 0 bridgehead atoms. The molecule has 288 valence electrons. The molecule has 0 unspecified atom stereocenters. The quantitative estimate of drug-likeness (QED) is 0.0528. The number of hydrogen-bond acceptors (Lipinski definition) is 12. The number of ether oxygens (including phenoxy) is 2. The zero-order valence-electron chi connectivity index (χ0n) is 28.8. The fraction of sp³-hybridized carbons (Fsp3) is 0.371. The number of primary amides is 2. The number of aromatic amines is 2. The van der Waals surface area contributed by atoms with Gasteiger partial charge >= 0.3 is 0 Å². The second-order valence-corrected chi connectivity index (χ2v) is 12.7. The summed E-state index contributed by atoms with van der Waals surface area (Å²) in [7, 11) is 0. The maximum Gasteiger partial charge on any atom is 0.251 e. The van der Waals surface area contributed by atoms with Gasteiger partial charge in [0.05, 0.1) is 12.9 Å². The van der Waals surface area contributed by atoms with Crippen molar-refractivity contribution in [3.63, 3.8) is 0 Å². The van der Waals surface area contributed by atoms with E-state index in [4.69, 9.17) is 20.9 Å². The number of rotatable bonds is 17. The molecule has 1 aliphatic rings. The normalized spacial score (nSPS) is 21.4. The van der Waals surface area contributed by atoms with E-state index in [1.807, 2.05) is 24.3 Å². The number of carbonyl (C=O) groups is 5. The maximum atomic E-state index is 13.8. The molecular weight excluding hydrogens is 708 g/mol. The molecule has 4 aromatic rings. The van der Waals surface area contributed by atoms with Crippen molar-refractivity contribution in [1.29, 1.82) is 0 Å². The van der Waals surface area contributed by atoms with E-state index in [0.29, 0.717) is 11.3 Å². The van der Waals surface area contributed by atoms with Crippen LogP contribution in [-0.4, -0.2) is 120 Å². The van der Waals surface area contributed by atoms with Gasteiger partial charge in [0.1, 0.15) is 48.3 Å². The molecule has 5 amide bonds. The molecular formula is C35H42N8O11. The van der Waals surface area contributed by atoms with Crippen LogP contribution in [0.15, 0.2) is 67.3 Å². The molecule has 3 heterocycles. The number of nitrogens with one attached hydrogen (secondary N) is 5. The minimum absolute atomic E-state index is 0.0342. The number of nitrogens with zero attached hydrogens (tertiary/aromatic N) is 1. The Morgan fingerprint density at radius 2 is 1.56 bits per heavy atom. The predicted molar refractivity (Wildman–Crippen MR) is 188 cm³/mol. The summed E-state index contributed by atoms with van der Waals surface area (Å²) in [6.07, 6.45) is -3.58. The number of aliphatic hydroxyl groups excluding tert-OH is 4. The van der Waals surface area contributed by atoms with E-state index in [-0.39, 0.29) is 37.0 Å².